The second kappa shape index (κ2) is 10.4. The van der Waals surface area contributed by atoms with E-state index >= 15 is 0 Å². The molecular weight excluding hydrogens is 490 g/mol. The van der Waals surface area contributed by atoms with Crippen LogP contribution in [0.2, 0.25) is 0 Å². The Bertz CT molecular complexity index is 1610. The summed E-state index contributed by atoms with van der Waals surface area (Å²) in [6.45, 7) is 0.0281. The predicted octanol–water partition coefficient (Wildman–Crippen LogP) is 5.98. The molecule has 6 nitrogen and oxygen atoms in total. The number of hydrogen-bond donors (Lipinski definition) is 1. The van der Waals surface area contributed by atoms with Gasteiger partial charge in [-0.25, -0.2) is 13.6 Å². The number of ether oxygens (including phenoxy) is 3. The van der Waals surface area contributed by atoms with Gasteiger partial charge in [0.2, 0.25) is 5.88 Å². The molecule has 4 aromatic rings. The number of rotatable bonds is 6. The topological polar surface area (TPSA) is 94.6 Å². The molecule has 0 amide bonds. The number of hydrogen-bond acceptors (Lipinski definition) is 6. The van der Waals surface area contributed by atoms with Gasteiger partial charge in [-0.05, 0) is 42.0 Å². The minimum atomic E-state index is -0.864. The van der Waals surface area contributed by atoms with Crippen LogP contribution in [0.25, 0.3) is 0 Å². The molecule has 1 heterocycles. The van der Waals surface area contributed by atoms with E-state index < -0.39 is 17.7 Å². The average Bonchev–Trinajstić information content (AvgIpc) is 2.92. The van der Waals surface area contributed by atoms with Crippen molar-refractivity contribution in [3.05, 3.63) is 136 Å². The molecular formula is C30H20F2N2O4. The summed E-state index contributed by atoms with van der Waals surface area (Å²) >= 11 is 0. The van der Waals surface area contributed by atoms with E-state index in [0.717, 1.165) is 0 Å². The van der Waals surface area contributed by atoms with Gasteiger partial charge in [-0.1, -0.05) is 48.5 Å². The molecule has 38 heavy (non-hydrogen) atoms. The third-order valence-electron chi connectivity index (χ3n) is 6.04. The molecule has 0 saturated heterocycles. The number of nitrogens with zero attached hydrogens (tertiary/aromatic N) is 1. The van der Waals surface area contributed by atoms with Gasteiger partial charge < -0.3 is 19.9 Å². The smallest absolute Gasteiger partial charge is 0.346 e. The highest BCUT2D eigenvalue weighted by Crippen LogP contribution is 2.44. The lowest BCUT2D eigenvalue weighted by molar-refractivity contribution is 0.0729. The first kappa shape index (κ1) is 24.5. The van der Waals surface area contributed by atoms with Crippen molar-refractivity contribution < 1.29 is 27.8 Å². The minimum absolute atomic E-state index is 0.0281. The van der Waals surface area contributed by atoms with Crippen molar-refractivity contribution in [2.75, 3.05) is 0 Å². The van der Waals surface area contributed by atoms with Crippen LogP contribution < -0.4 is 19.9 Å². The number of nitriles is 1. The number of benzene rings is 4. The Labute approximate surface area is 217 Å². The quantitative estimate of drug-likeness (QED) is 0.253. The number of carbonyl (C=O) groups excluding carboxylic acids is 1. The van der Waals surface area contributed by atoms with Crippen LogP contribution in [0, 0.1) is 23.0 Å². The Balaban J connectivity index is 1.43. The fraction of sp³-hybridized carbons (Fsp3) is 0.0667. The lowest BCUT2D eigenvalue weighted by Crippen LogP contribution is -2.21. The van der Waals surface area contributed by atoms with Gasteiger partial charge in [0.25, 0.3) is 0 Å². The summed E-state index contributed by atoms with van der Waals surface area (Å²) < 4.78 is 44.8. The fourth-order valence-corrected chi connectivity index (χ4v) is 4.19. The highest BCUT2D eigenvalue weighted by molar-refractivity contribution is 5.91. The molecule has 1 atom stereocenters. The Morgan fingerprint density at radius 1 is 0.921 bits per heavy atom. The Morgan fingerprint density at radius 2 is 1.68 bits per heavy atom. The van der Waals surface area contributed by atoms with Crippen LogP contribution in [0.4, 0.5) is 8.78 Å². The van der Waals surface area contributed by atoms with Gasteiger partial charge in [0, 0.05) is 17.2 Å². The van der Waals surface area contributed by atoms with E-state index in [1.807, 2.05) is 6.07 Å². The maximum atomic E-state index is 14.0. The van der Waals surface area contributed by atoms with Gasteiger partial charge in [-0.2, -0.15) is 5.26 Å². The summed E-state index contributed by atoms with van der Waals surface area (Å²) in [5, 5.41) is 9.85. The van der Waals surface area contributed by atoms with Gasteiger partial charge in [0.15, 0.2) is 0 Å². The number of esters is 1. The van der Waals surface area contributed by atoms with Crippen LogP contribution in [0.3, 0.4) is 0 Å². The van der Waals surface area contributed by atoms with Crippen LogP contribution in [-0.4, -0.2) is 5.97 Å². The molecule has 0 bridgehead atoms. The largest absolute Gasteiger partial charge is 0.489 e. The molecule has 4 aromatic carbocycles. The van der Waals surface area contributed by atoms with Gasteiger partial charge >= 0.3 is 5.97 Å². The SMILES string of the molecule is N#CC1=C(N)Oc2cc(OC(=O)c3ccccc3F)ccc2C1c1cccc(OCc2ccccc2F)c1. The number of fused-ring (bicyclic) bond motifs is 1. The van der Waals surface area contributed by atoms with E-state index in [-0.39, 0.29) is 40.9 Å². The first-order valence-electron chi connectivity index (χ1n) is 11.6. The first-order chi connectivity index (χ1) is 18.4. The predicted molar refractivity (Wildman–Crippen MR) is 134 cm³/mol. The van der Waals surface area contributed by atoms with Crippen molar-refractivity contribution >= 4 is 5.97 Å². The third kappa shape index (κ3) is 4.90. The molecule has 0 aliphatic carbocycles. The fourth-order valence-electron chi connectivity index (χ4n) is 4.19. The highest BCUT2D eigenvalue weighted by atomic mass is 19.1. The second-order valence-corrected chi connectivity index (χ2v) is 8.45. The molecule has 8 heteroatoms. The summed E-state index contributed by atoms with van der Waals surface area (Å²) in [6, 6.07) is 25.6. The van der Waals surface area contributed by atoms with Crippen LogP contribution >= 0.6 is 0 Å². The molecule has 5 rings (SSSR count). The summed E-state index contributed by atoms with van der Waals surface area (Å²) in [4.78, 5) is 12.5. The van der Waals surface area contributed by atoms with Gasteiger partial charge in [-0.3, -0.25) is 0 Å². The van der Waals surface area contributed by atoms with Crippen molar-refractivity contribution in [1.29, 1.82) is 5.26 Å². The Morgan fingerprint density at radius 3 is 2.45 bits per heavy atom. The molecule has 1 unspecified atom stereocenters. The van der Waals surface area contributed by atoms with Gasteiger partial charge in [0.1, 0.15) is 47.1 Å². The van der Waals surface area contributed by atoms with E-state index in [2.05, 4.69) is 6.07 Å². The maximum Gasteiger partial charge on any atom is 0.346 e. The Kier molecular flexibility index (Phi) is 6.74. The average molecular weight is 510 g/mol. The molecule has 0 fully saturated rings. The maximum absolute atomic E-state index is 14.0. The molecule has 0 saturated carbocycles. The summed E-state index contributed by atoms with van der Waals surface area (Å²) in [5.41, 5.74) is 7.78. The van der Waals surface area contributed by atoms with Crippen molar-refractivity contribution in [1.82, 2.24) is 0 Å². The summed E-state index contributed by atoms with van der Waals surface area (Å²) in [5.74, 6) is -1.75. The normalized spacial score (nSPS) is 14.2. The summed E-state index contributed by atoms with van der Waals surface area (Å²) in [6.07, 6.45) is 0. The molecule has 1 aliphatic heterocycles. The molecule has 188 valence electrons. The first-order valence-corrected chi connectivity index (χ1v) is 11.6. The number of nitrogens with two attached hydrogens (primary N) is 1. The number of carbonyl (C=O) groups is 1. The zero-order valence-electron chi connectivity index (χ0n) is 19.9. The van der Waals surface area contributed by atoms with Crippen molar-refractivity contribution in [3.8, 4) is 23.3 Å². The zero-order valence-corrected chi connectivity index (χ0v) is 19.9. The zero-order chi connectivity index (χ0) is 26.6. The lowest BCUT2D eigenvalue weighted by Gasteiger charge is -2.27. The van der Waals surface area contributed by atoms with Crippen LogP contribution in [0.1, 0.15) is 33.0 Å². The van der Waals surface area contributed by atoms with Crippen molar-refractivity contribution in [3.63, 3.8) is 0 Å². The van der Waals surface area contributed by atoms with E-state index in [0.29, 0.717) is 22.4 Å². The van der Waals surface area contributed by atoms with E-state index in [1.54, 1.807) is 42.5 Å². The molecule has 2 N–H and O–H groups in total. The Hall–Kier alpha value is -5.16. The lowest BCUT2D eigenvalue weighted by atomic mass is 9.83. The molecule has 0 aromatic heterocycles. The van der Waals surface area contributed by atoms with Crippen LogP contribution in [0.15, 0.2) is 102 Å². The van der Waals surface area contributed by atoms with Crippen molar-refractivity contribution in [2.45, 2.75) is 12.5 Å². The molecule has 0 radical (unpaired) electrons. The highest BCUT2D eigenvalue weighted by Gasteiger charge is 2.31. The van der Waals surface area contributed by atoms with Gasteiger partial charge in [0.05, 0.1) is 11.5 Å². The second-order valence-electron chi connectivity index (χ2n) is 8.45. The third-order valence-corrected chi connectivity index (χ3v) is 6.04. The summed E-state index contributed by atoms with van der Waals surface area (Å²) in [7, 11) is 0. The van der Waals surface area contributed by atoms with E-state index in [1.165, 1.54) is 42.5 Å². The molecule has 0 spiro atoms. The van der Waals surface area contributed by atoms with Gasteiger partial charge in [-0.15, -0.1) is 0 Å². The number of halogens is 2. The van der Waals surface area contributed by atoms with Crippen LogP contribution in [-0.2, 0) is 6.61 Å². The van der Waals surface area contributed by atoms with Crippen LogP contribution in [0.5, 0.6) is 17.2 Å². The van der Waals surface area contributed by atoms with Crippen molar-refractivity contribution in [2.24, 2.45) is 5.73 Å². The molecule has 1 aliphatic rings. The standard InChI is InChI=1S/C30H20F2N2O4/c31-25-10-3-1-6-19(25)17-36-20-8-5-7-18(14-20)28-23-13-12-21(15-27(23)38-29(34)24(28)16-33)37-30(35)22-9-2-4-11-26(22)32/h1-15,28H,17,34H2. The monoisotopic (exact) mass is 510 g/mol. The number of allylic oxidation sites excluding steroid dienone is 1. The minimum Gasteiger partial charge on any atom is -0.489 e. The van der Waals surface area contributed by atoms with E-state index in [9.17, 15) is 18.8 Å². The van der Waals surface area contributed by atoms with E-state index in [4.69, 9.17) is 19.9 Å².